The van der Waals surface area contributed by atoms with E-state index in [0.29, 0.717) is 12.2 Å². The number of hydrogen-bond donors (Lipinski definition) is 1. The summed E-state index contributed by atoms with van der Waals surface area (Å²) in [7, 11) is 0. The molecule has 0 saturated carbocycles. The first-order valence-electron chi connectivity index (χ1n) is 8.13. The van der Waals surface area contributed by atoms with Gasteiger partial charge in [-0.15, -0.1) is 0 Å². The molecule has 0 bridgehead atoms. The molecule has 0 aromatic heterocycles. The molecule has 25 heavy (non-hydrogen) atoms. The van der Waals surface area contributed by atoms with Crippen LogP contribution < -0.4 is 5.32 Å². The highest BCUT2D eigenvalue weighted by Crippen LogP contribution is 2.30. The zero-order chi connectivity index (χ0) is 18.0. The number of halogens is 3. The average Bonchev–Trinajstić information content (AvgIpc) is 2.60. The number of alkyl halides is 3. The first-order valence-corrected chi connectivity index (χ1v) is 8.13. The molecule has 0 radical (unpaired) electrons. The van der Waals surface area contributed by atoms with Crippen molar-refractivity contribution in [3.63, 3.8) is 0 Å². The number of carbonyl (C=O) groups excluding carboxylic acids is 1. The second-order valence-corrected chi connectivity index (χ2v) is 6.23. The Morgan fingerprint density at radius 3 is 2.36 bits per heavy atom. The normalized spacial score (nSPS) is 16.2. The maximum atomic E-state index is 12.6. The Labute approximate surface area is 144 Å². The highest BCUT2D eigenvalue weighted by Gasteiger charge is 2.30. The minimum absolute atomic E-state index is 0.223. The minimum atomic E-state index is -4.38. The van der Waals surface area contributed by atoms with Gasteiger partial charge in [0.25, 0.3) is 0 Å². The molecule has 1 atom stereocenters. The van der Waals surface area contributed by atoms with Crippen LogP contribution >= 0.6 is 0 Å². The first kappa shape index (κ1) is 17.5. The number of amides is 1. The number of rotatable bonds is 3. The molecular weight excluding hydrogens is 329 g/mol. The number of nitrogens with zero attached hydrogens (tertiary/aromatic N) is 1. The lowest BCUT2D eigenvalue weighted by atomic mass is 9.99. The first-order chi connectivity index (χ1) is 11.8. The number of benzene rings is 2. The summed E-state index contributed by atoms with van der Waals surface area (Å²) in [6, 6.07) is 12.3. The highest BCUT2D eigenvalue weighted by molar-refractivity contribution is 5.94. The summed E-state index contributed by atoms with van der Waals surface area (Å²) in [4.78, 5) is 14.5. The van der Waals surface area contributed by atoms with Gasteiger partial charge in [-0.1, -0.05) is 24.3 Å². The van der Waals surface area contributed by atoms with Gasteiger partial charge in [-0.05, 0) is 48.7 Å². The number of hydrogen-bond acceptors (Lipinski definition) is 2. The van der Waals surface area contributed by atoms with E-state index < -0.39 is 11.7 Å². The van der Waals surface area contributed by atoms with E-state index in [4.69, 9.17) is 0 Å². The molecule has 0 fully saturated rings. The molecule has 1 amide bonds. The van der Waals surface area contributed by atoms with Crippen molar-refractivity contribution in [3.8, 4) is 0 Å². The molecule has 3 nitrogen and oxygen atoms in total. The largest absolute Gasteiger partial charge is 0.416 e. The monoisotopic (exact) mass is 348 g/mol. The zero-order valence-corrected chi connectivity index (χ0v) is 13.8. The molecule has 0 spiro atoms. The Bertz CT molecular complexity index is 756. The standard InChI is InChI=1S/C19H19F3N2O/c1-13(24-11-10-14-4-2-3-5-15(14)12-24)18(25)23-17-8-6-16(7-9-17)19(20,21)22/h2-9,13H,10-12H2,1H3,(H,23,25)/t13-/m0/s1. The van der Waals surface area contributed by atoms with Crippen molar-refractivity contribution in [3.05, 3.63) is 65.2 Å². The summed E-state index contributed by atoms with van der Waals surface area (Å²) in [6.45, 7) is 3.28. The third-order valence-electron chi connectivity index (χ3n) is 4.57. The second-order valence-electron chi connectivity index (χ2n) is 6.23. The van der Waals surface area contributed by atoms with Crippen LogP contribution in [-0.2, 0) is 23.9 Å². The molecule has 2 aromatic rings. The van der Waals surface area contributed by atoms with Crippen LogP contribution in [0, 0.1) is 0 Å². The van der Waals surface area contributed by atoms with Crippen molar-refractivity contribution in [2.75, 3.05) is 11.9 Å². The van der Waals surface area contributed by atoms with E-state index in [9.17, 15) is 18.0 Å². The average molecular weight is 348 g/mol. The molecule has 2 aromatic carbocycles. The number of anilines is 1. The van der Waals surface area contributed by atoms with Gasteiger partial charge < -0.3 is 5.32 Å². The van der Waals surface area contributed by atoms with Gasteiger partial charge in [-0.2, -0.15) is 13.2 Å². The maximum Gasteiger partial charge on any atom is 0.416 e. The molecule has 1 aliphatic rings. The highest BCUT2D eigenvalue weighted by atomic mass is 19.4. The van der Waals surface area contributed by atoms with E-state index in [-0.39, 0.29) is 11.9 Å². The van der Waals surface area contributed by atoms with Crippen molar-refractivity contribution in [2.45, 2.75) is 32.1 Å². The summed E-state index contributed by atoms with van der Waals surface area (Å²) in [5, 5.41) is 2.69. The van der Waals surface area contributed by atoms with E-state index in [1.54, 1.807) is 0 Å². The van der Waals surface area contributed by atoms with Crippen LogP contribution in [0.1, 0.15) is 23.6 Å². The van der Waals surface area contributed by atoms with Crippen LogP contribution in [0.4, 0.5) is 18.9 Å². The predicted octanol–water partition coefficient (Wildman–Crippen LogP) is 4.09. The lowest BCUT2D eigenvalue weighted by Crippen LogP contribution is -2.44. The smallest absolute Gasteiger partial charge is 0.325 e. The van der Waals surface area contributed by atoms with Gasteiger partial charge in [0.1, 0.15) is 0 Å². The molecule has 1 N–H and O–H groups in total. The van der Waals surface area contributed by atoms with E-state index >= 15 is 0 Å². The topological polar surface area (TPSA) is 32.3 Å². The zero-order valence-electron chi connectivity index (χ0n) is 13.8. The van der Waals surface area contributed by atoms with Crippen molar-refractivity contribution < 1.29 is 18.0 Å². The summed E-state index contributed by atoms with van der Waals surface area (Å²) in [5.74, 6) is -0.223. The Morgan fingerprint density at radius 2 is 1.72 bits per heavy atom. The molecule has 1 heterocycles. The lowest BCUT2D eigenvalue weighted by molar-refractivity contribution is -0.137. The molecular formula is C19H19F3N2O. The van der Waals surface area contributed by atoms with Crippen LogP contribution in [0.5, 0.6) is 0 Å². The summed E-state index contributed by atoms with van der Waals surface area (Å²) >= 11 is 0. The Hall–Kier alpha value is -2.34. The Kier molecular flexibility index (Phi) is 4.81. The van der Waals surface area contributed by atoms with Crippen molar-refractivity contribution in [2.24, 2.45) is 0 Å². The van der Waals surface area contributed by atoms with Crippen LogP contribution in [0.25, 0.3) is 0 Å². The Morgan fingerprint density at radius 1 is 1.08 bits per heavy atom. The van der Waals surface area contributed by atoms with Crippen LogP contribution in [-0.4, -0.2) is 23.4 Å². The van der Waals surface area contributed by atoms with E-state index in [1.807, 2.05) is 19.1 Å². The SMILES string of the molecule is C[C@@H](C(=O)Nc1ccc(C(F)(F)F)cc1)N1CCc2ccccc2C1. The Balaban J connectivity index is 1.63. The summed E-state index contributed by atoms with van der Waals surface area (Å²) in [6.07, 6.45) is -3.49. The quantitative estimate of drug-likeness (QED) is 0.906. The van der Waals surface area contributed by atoms with E-state index in [1.165, 1.54) is 23.3 Å². The number of fused-ring (bicyclic) bond motifs is 1. The molecule has 0 unspecified atom stereocenters. The van der Waals surface area contributed by atoms with Crippen molar-refractivity contribution >= 4 is 11.6 Å². The van der Waals surface area contributed by atoms with Crippen molar-refractivity contribution in [1.82, 2.24) is 4.90 Å². The molecule has 132 valence electrons. The molecule has 3 rings (SSSR count). The third kappa shape index (κ3) is 4.02. The number of carbonyl (C=O) groups is 1. The van der Waals surface area contributed by atoms with Crippen molar-refractivity contribution in [1.29, 1.82) is 0 Å². The summed E-state index contributed by atoms with van der Waals surface area (Å²) in [5.41, 5.74) is 2.14. The molecule has 0 saturated heterocycles. The van der Waals surface area contributed by atoms with Gasteiger partial charge in [0, 0.05) is 18.8 Å². The molecule has 1 aliphatic heterocycles. The number of nitrogens with one attached hydrogen (secondary N) is 1. The van der Waals surface area contributed by atoms with Gasteiger partial charge in [0.15, 0.2) is 0 Å². The predicted molar refractivity (Wildman–Crippen MR) is 90.1 cm³/mol. The van der Waals surface area contributed by atoms with Gasteiger partial charge in [0.2, 0.25) is 5.91 Å². The third-order valence-corrected chi connectivity index (χ3v) is 4.57. The van der Waals surface area contributed by atoms with Gasteiger partial charge in [-0.25, -0.2) is 0 Å². The van der Waals surface area contributed by atoms with Gasteiger partial charge in [-0.3, -0.25) is 9.69 Å². The van der Waals surface area contributed by atoms with Gasteiger partial charge >= 0.3 is 6.18 Å². The summed E-state index contributed by atoms with van der Waals surface area (Å²) < 4.78 is 37.7. The van der Waals surface area contributed by atoms with Crippen LogP contribution in [0.2, 0.25) is 0 Å². The van der Waals surface area contributed by atoms with E-state index in [2.05, 4.69) is 22.3 Å². The van der Waals surface area contributed by atoms with Crippen LogP contribution in [0.15, 0.2) is 48.5 Å². The van der Waals surface area contributed by atoms with Crippen LogP contribution in [0.3, 0.4) is 0 Å². The maximum absolute atomic E-state index is 12.6. The minimum Gasteiger partial charge on any atom is -0.325 e. The lowest BCUT2D eigenvalue weighted by Gasteiger charge is -2.32. The molecule has 6 heteroatoms. The second kappa shape index (κ2) is 6.88. The van der Waals surface area contributed by atoms with Gasteiger partial charge in [0.05, 0.1) is 11.6 Å². The van der Waals surface area contributed by atoms with E-state index in [0.717, 1.165) is 25.1 Å². The fraction of sp³-hybridized carbons (Fsp3) is 0.316. The fourth-order valence-electron chi connectivity index (χ4n) is 3.00. The fourth-order valence-corrected chi connectivity index (χ4v) is 3.00. The molecule has 0 aliphatic carbocycles.